The Morgan fingerprint density at radius 2 is 2.15 bits per heavy atom. The number of likely N-dealkylation sites (N-methyl/N-ethyl adjacent to an activating group) is 1. The van der Waals surface area contributed by atoms with Crippen molar-refractivity contribution in [3.8, 4) is 0 Å². The lowest BCUT2D eigenvalue weighted by atomic mass is 10.0. The molecule has 1 aromatic rings. The molecule has 1 unspecified atom stereocenters. The number of carbonyl (C=O) groups is 2. The molecule has 0 aliphatic carbocycles. The molecule has 0 spiro atoms. The van der Waals surface area contributed by atoms with E-state index in [-0.39, 0.29) is 6.04 Å². The van der Waals surface area contributed by atoms with E-state index in [0.717, 1.165) is 10.7 Å². The van der Waals surface area contributed by atoms with Gasteiger partial charge in [-0.2, -0.15) is 0 Å². The SMILES string of the molecule is CCN(C(=O)NC(C)c1nc(C)cs1)C(C)(C)C(=O)O. The summed E-state index contributed by atoms with van der Waals surface area (Å²) in [5.74, 6) is -1.03. The third-order valence-electron chi connectivity index (χ3n) is 3.11. The zero-order valence-corrected chi connectivity index (χ0v) is 13.2. The summed E-state index contributed by atoms with van der Waals surface area (Å²) in [6.45, 7) is 8.81. The highest BCUT2D eigenvalue weighted by molar-refractivity contribution is 7.09. The molecule has 7 heteroatoms. The molecule has 0 aliphatic heterocycles. The standard InChI is InChI=1S/C13H21N3O3S/c1-6-16(13(4,5)11(17)18)12(19)15-9(3)10-14-8(2)7-20-10/h7,9H,6H2,1-5H3,(H,15,19)(H,17,18). The first-order valence-electron chi connectivity index (χ1n) is 6.43. The van der Waals surface area contributed by atoms with Crippen molar-refractivity contribution in [1.82, 2.24) is 15.2 Å². The third-order valence-corrected chi connectivity index (χ3v) is 4.25. The van der Waals surface area contributed by atoms with Gasteiger partial charge >= 0.3 is 12.0 Å². The van der Waals surface area contributed by atoms with E-state index in [2.05, 4.69) is 10.3 Å². The highest BCUT2D eigenvalue weighted by Crippen LogP contribution is 2.20. The summed E-state index contributed by atoms with van der Waals surface area (Å²) in [6.07, 6.45) is 0. The molecule has 0 saturated heterocycles. The molecule has 6 nitrogen and oxygen atoms in total. The molecule has 0 bridgehead atoms. The topological polar surface area (TPSA) is 82.5 Å². The Kier molecular flexibility index (Phi) is 5.10. The maximum atomic E-state index is 12.2. The second-order valence-corrected chi connectivity index (χ2v) is 6.00. The fourth-order valence-electron chi connectivity index (χ4n) is 1.80. The molecule has 0 radical (unpaired) electrons. The molecule has 2 amide bonds. The van der Waals surface area contributed by atoms with Crippen LogP contribution in [-0.4, -0.2) is 39.1 Å². The molecule has 112 valence electrons. The van der Waals surface area contributed by atoms with Crippen LogP contribution < -0.4 is 5.32 Å². The minimum absolute atomic E-state index is 0.250. The second kappa shape index (κ2) is 6.21. The number of carbonyl (C=O) groups excluding carboxylic acids is 1. The molecular formula is C13H21N3O3S. The van der Waals surface area contributed by atoms with Gasteiger partial charge in [0.1, 0.15) is 10.5 Å². The summed E-state index contributed by atoms with van der Waals surface area (Å²) in [6, 6.07) is -0.653. The molecule has 0 saturated carbocycles. The van der Waals surface area contributed by atoms with Gasteiger partial charge < -0.3 is 15.3 Å². The first kappa shape index (κ1) is 16.4. The number of hydrogen-bond donors (Lipinski definition) is 2. The van der Waals surface area contributed by atoms with Crippen molar-refractivity contribution in [2.45, 2.75) is 46.2 Å². The molecule has 1 aromatic heterocycles. The van der Waals surface area contributed by atoms with Crippen molar-refractivity contribution in [1.29, 1.82) is 0 Å². The third kappa shape index (κ3) is 3.47. The summed E-state index contributed by atoms with van der Waals surface area (Å²) >= 11 is 1.47. The van der Waals surface area contributed by atoms with Crippen LogP contribution in [0.15, 0.2) is 5.38 Å². The summed E-state index contributed by atoms with van der Waals surface area (Å²) in [5, 5.41) is 14.7. The van der Waals surface area contributed by atoms with Gasteiger partial charge in [0.25, 0.3) is 0 Å². The van der Waals surface area contributed by atoms with E-state index in [0.29, 0.717) is 6.54 Å². The fourth-order valence-corrected chi connectivity index (χ4v) is 2.61. The maximum absolute atomic E-state index is 12.2. The van der Waals surface area contributed by atoms with Crippen molar-refractivity contribution in [2.24, 2.45) is 0 Å². The van der Waals surface area contributed by atoms with Crippen LogP contribution in [0.2, 0.25) is 0 Å². The Bertz CT molecular complexity index is 499. The highest BCUT2D eigenvalue weighted by Gasteiger charge is 2.37. The van der Waals surface area contributed by atoms with Crippen LogP contribution in [0.4, 0.5) is 4.79 Å². The Hall–Kier alpha value is -1.63. The maximum Gasteiger partial charge on any atom is 0.329 e. The van der Waals surface area contributed by atoms with Gasteiger partial charge in [-0.15, -0.1) is 11.3 Å². The monoisotopic (exact) mass is 299 g/mol. The Labute approximate surface area is 122 Å². The molecule has 0 fully saturated rings. The first-order chi connectivity index (χ1) is 9.20. The molecule has 1 atom stereocenters. The van der Waals surface area contributed by atoms with E-state index < -0.39 is 17.5 Å². The van der Waals surface area contributed by atoms with Gasteiger partial charge in [-0.1, -0.05) is 0 Å². The van der Waals surface area contributed by atoms with E-state index in [4.69, 9.17) is 0 Å². The number of carboxylic acids is 1. The lowest BCUT2D eigenvalue weighted by Gasteiger charge is -2.34. The number of rotatable bonds is 5. The number of amides is 2. The molecular weight excluding hydrogens is 278 g/mol. The summed E-state index contributed by atoms with van der Waals surface area (Å²) in [7, 11) is 0. The van der Waals surface area contributed by atoms with Crippen molar-refractivity contribution in [3.05, 3.63) is 16.1 Å². The Morgan fingerprint density at radius 3 is 2.55 bits per heavy atom. The highest BCUT2D eigenvalue weighted by atomic mass is 32.1. The number of aromatic nitrogens is 1. The number of aryl methyl sites for hydroxylation is 1. The molecule has 1 rings (SSSR count). The molecule has 20 heavy (non-hydrogen) atoms. The lowest BCUT2D eigenvalue weighted by molar-refractivity contribution is -0.147. The molecule has 0 aromatic carbocycles. The average molecular weight is 299 g/mol. The number of nitrogens with zero attached hydrogens (tertiary/aromatic N) is 2. The smallest absolute Gasteiger partial charge is 0.329 e. The number of aliphatic carboxylic acids is 1. The van der Waals surface area contributed by atoms with Gasteiger partial charge in [0.05, 0.1) is 6.04 Å². The average Bonchev–Trinajstić information content (AvgIpc) is 2.76. The van der Waals surface area contributed by atoms with Crippen LogP contribution in [-0.2, 0) is 4.79 Å². The van der Waals surface area contributed by atoms with Crippen LogP contribution in [0.5, 0.6) is 0 Å². The molecule has 0 aliphatic rings. The van der Waals surface area contributed by atoms with Gasteiger partial charge in [-0.05, 0) is 34.6 Å². The second-order valence-electron chi connectivity index (χ2n) is 5.11. The molecule has 2 N–H and O–H groups in total. The number of urea groups is 1. The van der Waals surface area contributed by atoms with E-state index in [9.17, 15) is 14.7 Å². The molecule has 1 heterocycles. The minimum atomic E-state index is -1.25. The Balaban J connectivity index is 2.80. The predicted octanol–water partition coefficient (Wildman–Crippen LogP) is 2.41. The predicted molar refractivity (Wildman–Crippen MR) is 77.9 cm³/mol. The quantitative estimate of drug-likeness (QED) is 0.874. The lowest BCUT2D eigenvalue weighted by Crippen LogP contribution is -2.56. The zero-order chi connectivity index (χ0) is 15.5. The number of nitrogens with one attached hydrogen (secondary N) is 1. The largest absolute Gasteiger partial charge is 0.480 e. The van der Waals surface area contributed by atoms with Gasteiger partial charge in [0, 0.05) is 17.6 Å². The van der Waals surface area contributed by atoms with Crippen molar-refractivity contribution in [3.63, 3.8) is 0 Å². The Morgan fingerprint density at radius 1 is 1.55 bits per heavy atom. The van der Waals surface area contributed by atoms with Gasteiger partial charge in [-0.3, -0.25) is 0 Å². The first-order valence-corrected chi connectivity index (χ1v) is 7.31. The van der Waals surface area contributed by atoms with E-state index in [1.165, 1.54) is 30.1 Å². The summed E-state index contributed by atoms with van der Waals surface area (Å²) in [4.78, 5) is 29.1. The number of hydrogen-bond acceptors (Lipinski definition) is 4. The van der Waals surface area contributed by atoms with Gasteiger partial charge in [-0.25, -0.2) is 14.6 Å². The number of carboxylic acid groups (broad SMARTS) is 1. The van der Waals surface area contributed by atoms with E-state index in [1.807, 2.05) is 19.2 Å². The van der Waals surface area contributed by atoms with Crippen molar-refractivity contribution < 1.29 is 14.7 Å². The number of thiazole rings is 1. The van der Waals surface area contributed by atoms with Crippen LogP contribution in [0, 0.1) is 6.92 Å². The van der Waals surface area contributed by atoms with E-state index in [1.54, 1.807) is 6.92 Å². The van der Waals surface area contributed by atoms with Crippen LogP contribution in [0.3, 0.4) is 0 Å². The van der Waals surface area contributed by atoms with Gasteiger partial charge in [0.15, 0.2) is 0 Å². The normalized spacial score (nSPS) is 12.8. The van der Waals surface area contributed by atoms with E-state index >= 15 is 0 Å². The summed E-state index contributed by atoms with van der Waals surface area (Å²) < 4.78 is 0. The van der Waals surface area contributed by atoms with Crippen LogP contribution >= 0.6 is 11.3 Å². The van der Waals surface area contributed by atoms with Crippen LogP contribution in [0.25, 0.3) is 0 Å². The minimum Gasteiger partial charge on any atom is -0.480 e. The summed E-state index contributed by atoms with van der Waals surface area (Å²) in [5.41, 5.74) is -0.346. The zero-order valence-electron chi connectivity index (χ0n) is 12.4. The van der Waals surface area contributed by atoms with Crippen molar-refractivity contribution >= 4 is 23.3 Å². The van der Waals surface area contributed by atoms with Gasteiger partial charge in [0.2, 0.25) is 0 Å². The van der Waals surface area contributed by atoms with Crippen LogP contribution in [0.1, 0.15) is 44.4 Å². The fraction of sp³-hybridized carbons (Fsp3) is 0.615. The van der Waals surface area contributed by atoms with Crippen molar-refractivity contribution in [2.75, 3.05) is 6.54 Å².